The molecule has 150 valence electrons. The molecule has 1 aromatic heterocycles. The molecule has 0 atom stereocenters. The van der Waals surface area contributed by atoms with Crippen molar-refractivity contribution in [1.82, 2.24) is 10.2 Å². The zero-order valence-corrected chi connectivity index (χ0v) is 16.6. The predicted octanol–water partition coefficient (Wildman–Crippen LogP) is 3.13. The third-order valence-electron chi connectivity index (χ3n) is 5.58. The Kier molecular flexibility index (Phi) is 5.20. The molecule has 2 aromatic carbocycles. The number of aromatic nitrogens is 2. The van der Waals surface area contributed by atoms with Crippen LogP contribution in [0, 0.1) is 0 Å². The number of nitrogens with two attached hydrogens (primary N) is 1. The Morgan fingerprint density at radius 1 is 1.10 bits per heavy atom. The van der Waals surface area contributed by atoms with Crippen molar-refractivity contribution < 1.29 is 14.3 Å². The number of amides is 1. The fraction of sp³-hybridized carbons (Fsp3) is 0.318. The summed E-state index contributed by atoms with van der Waals surface area (Å²) >= 11 is 0. The first-order chi connectivity index (χ1) is 14.1. The Morgan fingerprint density at radius 2 is 1.83 bits per heavy atom. The Bertz CT molecular complexity index is 1050. The zero-order chi connectivity index (χ0) is 20.4. The van der Waals surface area contributed by atoms with E-state index in [0.717, 1.165) is 48.1 Å². The molecule has 2 N–H and O–H groups in total. The second-order valence-corrected chi connectivity index (χ2v) is 7.21. The van der Waals surface area contributed by atoms with E-state index in [1.54, 1.807) is 26.5 Å². The van der Waals surface area contributed by atoms with Gasteiger partial charge in [0.1, 0.15) is 0 Å². The molecule has 1 fully saturated rings. The first-order valence-electron chi connectivity index (χ1n) is 9.63. The number of primary amides is 1. The molecule has 0 unspecified atom stereocenters. The van der Waals surface area contributed by atoms with Gasteiger partial charge in [-0.25, -0.2) is 0 Å². The summed E-state index contributed by atoms with van der Waals surface area (Å²) in [7, 11) is 3.25. The van der Waals surface area contributed by atoms with Crippen LogP contribution >= 0.6 is 0 Å². The van der Waals surface area contributed by atoms with Crippen molar-refractivity contribution in [3.05, 3.63) is 53.7 Å². The average molecular weight is 392 g/mol. The van der Waals surface area contributed by atoms with Gasteiger partial charge in [-0.2, -0.15) is 5.10 Å². The van der Waals surface area contributed by atoms with E-state index in [1.807, 2.05) is 24.3 Å². The summed E-state index contributed by atoms with van der Waals surface area (Å²) < 4.78 is 10.9. The monoisotopic (exact) mass is 392 g/mol. The minimum Gasteiger partial charge on any atom is -0.493 e. The standard InChI is InChI=1S/C22H24N4O3/c1-28-19-11-17-13-24-25-22(18(17)12-20(19)29-2)26-8-6-14(7-9-26)15-4-3-5-16(10-15)21(23)27/h3-5,10-14H,6-9H2,1-2H3,(H2,23,27). The summed E-state index contributed by atoms with van der Waals surface area (Å²) in [6, 6.07) is 11.5. The van der Waals surface area contributed by atoms with E-state index in [2.05, 4.69) is 21.2 Å². The number of carbonyl (C=O) groups excluding carboxylic acids is 1. The molecular weight excluding hydrogens is 368 g/mol. The van der Waals surface area contributed by atoms with Gasteiger partial charge in [0.2, 0.25) is 5.91 Å². The minimum atomic E-state index is -0.389. The number of ether oxygens (including phenoxy) is 2. The van der Waals surface area contributed by atoms with Gasteiger partial charge in [0, 0.05) is 29.4 Å². The van der Waals surface area contributed by atoms with Crippen molar-refractivity contribution in [2.75, 3.05) is 32.2 Å². The van der Waals surface area contributed by atoms with Gasteiger partial charge in [0.05, 0.1) is 20.4 Å². The van der Waals surface area contributed by atoms with Gasteiger partial charge in [-0.05, 0) is 48.6 Å². The van der Waals surface area contributed by atoms with Crippen LogP contribution in [0.15, 0.2) is 42.6 Å². The number of hydrogen-bond donors (Lipinski definition) is 1. The molecular formula is C22H24N4O3. The number of hydrogen-bond acceptors (Lipinski definition) is 6. The second kappa shape index (κ2) is 7.95. The number of rotatable bonds is 5. The van der Waals surface area contributed by atoms with Crippen molar-refractivity contribution in [2.24, 2.45) is 5.73 Å². The first kappa shape index (κ1) is 19.0. The van der Waals surface area contributed by atoms with Crippen molar-refractivity contribution in [3.8, 4) is 11.5 Å². The topological polar surface area (TPSA) is 90.6 Å². The Morgan fingerprint density at radius 3 is 2.52 bits per heavy atom. The lowest BCUT2D eigenvalue weighted by Crippen LogP contribution is -2.33. The largest absolute Gasteiger partial charge is 0.493 e. The molecule has 1 aliphatic heterocycles. The third-order valence-corrected chi connectivity index (χ3v) is 5.58. The molecule has 1 amide bonds. The van der Waals surface area contributed by atoms with E-state index in [9.17, 15) is 4.79 Å². The molecule has 0 saturated carbocycles. The van der Waals surface area contributed by atoms with Crippen LogP contribution in [0.3, 0.4) is 0 Å². The van der Waals surface area contributed by atoms with Crippen LogP contribution in [-0.4, -0.2) is 43.4 Å². The lowest BCUT2D eigenvalue weighted by atomic mass is 9.88. The van der Waals surface area contributed by atoms with E-state index in [4.69, 9.17) is 15.2 Å². The molecule has 7 heteroatoms. The predicted molar refractivity (Wildman–Crippen MR) is 112 cm³/mol. The summed E-state index contributed by atoms with van der Waals surface area (Å²) in [4.78, 5) is 13.7. The minimum absolute atomic E-state index is 0.389. The number of fused-ring (bicyclic) bond motifs is 1. The summed E-state index contributed by atoms with van der Waals surface area (Å²) in [6.45, 7) is 1.71. The van der Waals surface area contributed by atoms with Gasteiger partial charge in [0.25, 0.3) is 0 Å². The fourth-order valence-corrected chi connectivity index (χ4v) is 4.00. The molecule has 0 radical (unpaired) electrons. The maximum atomic E-state index is 11.5. The van der Waals surface area contributed by atoms with Gasteiger partial charge in [-0.15, -0.1) is 5.10 Å². The number of piperidine rings is 1. The van der Waals surface area contributed by atoms with E-state index in [1.165, 1.54) is 0 Å². The summed E-state index contributed by atoms with van der Waals surface area (Å²) in [5.41, 5.74) is 7.15. The van der Waals surface area contributed by atoms with E-state index < -0.39 is 0 Å². The number of carbonyl (C=O) groups is 1. The van der Waals surface area contributed by atoms with Gasteiger partial charge in [-0.1, -0.05) is 12.1 Å². The molecule has 1 saturated heterocycles. The van der Waals surface area contributed by atoms with Crippen LogP contribution in [0.25, 0.3) is 10.8 Å². The summed E-state index contributed by atoms with van der Waals surface area (Å²) in [5, 5.41) is 10.6. The summed E-state index contributed by atoms with van der Waals surface area (Å²) in [6.07, 6.45) is 3.67. The number of nitrogens with zero attached hydrogens (tertiary/aromatic N) is 3. The number of anilines is 1. The molecule has 2 heterocycles. The molecule has 0 aliphatic carbocycles. The van der Waals surface area contributed by atoms with Crippen molar-refractivity contribution in [1.29, 1.82) is 0 Å². The van der Waals surface area contributed by atoms with Crippen LogP contribution in [0.2, 0.25) is 0 Å². The van der Waals surface area contributed by atoms with E-state index >= 15 is 0 Å². The highest BCUT2D eigenvalue weighted by Crippen LogP contribution is 2.37. The van der Waals surface area contributed by atoms with Crippen LogP contribution < -0.4 is 20.1 Å². The highest BCUT2D eigenvalue weighted by atomic mass is 16.5. The molecule has 3 aromatic rings. The maximum Gasteiger partial charge on any atom is 0.248 e. The van der Waals surface area contributed by atoms with E-state index in [-0.39, 0.29) is 5.91 Å². The van der Waals surface area contributed by atoms with Crippen LogP contribution in [0.4, 0.5) is 5.82 Å². The normalized spacial score (nSPS) is 14.8. The zero-order valence-electron chi connectivity index (χ0n) is 16.6. The SMILES string of the molecule is COc1cc2cnnc(N3CCC(c4cccc(C(N)=O)c4)CC3)c2cc1OC. The Balaban J connectivity index is 1.58. The van der Waals surface area contributed by atoms with Gasteiger partial charge in [0.15, 0.2) is 17.3 Å². The second-order valence-electron chi connectivity index (χ2n) is 7.21. The Hall–Kier alpha value is -3.35. The lowest BCUT2D eigenvalue weighted by Gasteiger charge is -2.33. The third kappa shape index (κ3) is 3.68. The van der Waals surface area contributed by atoms with Crippen LogP contribution in [0.5, 0.6) is 11.5 Å². The Labute approximate surface area is 169 Å². The van der Waals surface area contributed by atoms with Crippen molar-refractivity contribution >= 4 is 22.5 Å². The average Bonchev–Trinajstić information content (AvgIpc) is 2.77. The highest BCUT2D eigenvalue weighted by Gasteiger charge is 2.24. The number of benzene rings is 2. The summed E-state index contributed by atoms with van der Waals surface area (Å²) in [5.74, 6) is 2.20. The molecule has 0 bridgehead atoms. The molecule has 4 rings (SSSR count). The maximum absolute atomic E-state index is 11.5. The van der Waals surface area contributed by atoms with Gasteiger partial charge in [-0.3, -0.25) is 4.79 Å². The molecule has 7 nitrogen and oxygen atoms in total. The van der Waals surface area contributed by atoms with Gasteiger partial charge < -0.3 is 20.1 Å². The lowest BCUT2D eigenvalue weighted by molar-refractivity contribution is 0.1000. The fourth-order valence-electron chi connectivity index (χ4n) is 4.00. The molecule has 1 aliphatic rings. The highest BCUT2D eigenvalue weighted by molar-refractivity contribution is 5.94. The quantitative estimate of drug-likeness (QED) is 0.717. The molecule has 29 heavy (non-hydrogen) atoms. The van der Waals surface area contributed by atoms with Crippen molar-refractivity contribution in [3.63, 3.8) is 0 Å². The van der Waals surface area contributed by atoms with Crippen molar-refractivity contribution in [2.45, 2.75) is 18.8 Å². The first-order valence-corrected chi connectivity index (χ1v) is 9.63. The van der Waals surface area contributed by atoms with Crippen LogP contribution in [0.1, 0.15) is 34.7 Å². The van der Waals surface area contributed by atoms with Crippen LogP contribution in [-0.2, 0) is 0 Å². The smallest absolute Gasteiger partial charge is 0.248 e. The van der Waals surface area contributed by atoms with E-state index in [0.29, 0.717) is 23.0 Å². The number of methoxy groups -OCH3 is 2. The van der Waals surface area contributed by atoms with Gasteiger partial charge >= 0.3 is 0 Å². The molecule has 0 spiro atoms.